The highest BCUT2D eigenvalue weighted by Crippen LogP contribution is 2.29. The van der Waals surface area contributed by atoms with E-state index in [2.05, 4.69) is 42.9 Å². The normalized spacial score (nSPS) is 19.4. The van der Waals surface area contributed by atoms with E-state index in [1.807, 2.05) is 12.3 Å². The van der Waals surface area contributed by atoms with Crippen LogP contribution >= 0.6 is 11.3 Å². The van der Waals surface area contributed by atoms with Crippen molar-refractivity contribution in [2.24, 2.45) is 5.92 Å². The van der Waals surface area contributed by atoms with Gasteiger partial charge in [-0.1, -0.05) is 13.8 Å². The van der Waals surface area contributed by atoms with E-state index in [-0.39, 0.29) is 18.1 Å². The Hall–Kier alpha value is -2.16. The van der Waals surface area contributed by atoms with Gasteiger partial charge in [0.05, 0.1) is 31.1 Å². The van der Waals surface area contributed by atoms with Crippen molar-refractivity contribution in [1.29, 1.82) is 0 Å². The number of aromatic nitrogens is 1. The van der Waals surface area contributed by atoms with E-state index in [4.69, 9.17) is 14.2 Å². The third-order valence-electron chi connectivity index (χ3n) is 4.73. The molecule has 170 valence electrons. The van der Waals surface area contributed by atoms with Crippen molar-refractivity contribution in [3.05, 3.63) is 34.8 Å². The predicted molar refractivity (Wildman–Crippen MR) is 123 cm³/mol. The SMILES string of the molecule is CCOc1cc(C(=O)Nc2nc(CN3CC(C)OC(C)C3)cs2)ccc1OCC(C)C. The van der Waals surface area contributed by atoms with Crippen molar-refractivity contribution in [1.82, 2.24) is 9.88 Å². The second-order valence-corrected chi connectivity index (χ2v) is 9.21. The first kappa shape index (κ1) is 23.5. The molecule has 2 unspecified atom stereocenters. The number of morpholine rings is 1. The maximum Gasteiger partial charge on any atom is 0.257 e. The monoisotopic (exact) mass is 447 g/mol. The van der Waals surface area contributed by atoms with Gasteiger partial charge in [-0.15, -0.1) is 11.3 Å². The minimum absolute atomic E-state index is 0.216. The molecule has 2 heterocycles. The summed E-state index contributed by atoms with van der Waals surface area (Å²) in [7, 11) is 0. The molecule has 1 amide bonds. The Balaban J connectivity index is 1.62. The summed E-state index contributed by atoms with van der Waals surface area (Å²) in [5, 5.41) is 5.49. The molecule has 8 heteroatoms. The second kappa shape index (κ2) is 10.9. The van der Waals surface area contributed by atoms with Crippen LogP contribution in [0.4, 0.5) is 5.13 Å². The summed E-state index contributed by atoms with van der Waals surface area (Å²) in [4.78, 5) is 19.7. The van der Waals surface area contributed by atoms with E-state index >= 15 is 0 Å². The van der Waals surface area contributed by atoms with Gasteiger partial charge >= 0.3 is 0 Å². The maximum absolute atomic E-state index is 12.8. The van der Waals surface area contributed by atoms with Crippen molar-refractivity contribution < 1.29 is 19.0 Å². The summed E-state index contributed by atoms with van der Waals surface area (Å²) in [6.07, 6.45) is 0.433. The summed E-state index contributed by atoms with van der Waals surface area (Å²) in [5.41, 5.74) is 1.46. The Kier molecular flexibility index (Phi) is 8.28. The largest absolute Gasteiger partial charge is 0.490 e. The van der Waals surface area contributed by atoms with Crippen molar-refractivity contribution in [3.63, 3.8) is 0 Å². The first-order chi connectivity index (χ1) is 14.8. The molecule has 0 bridgehead atoms. The van der Waals surface area contributed by atoms with Gasteiger partial charge in [0.25, 0.3) is 5.91 Å². The molecule has 1 aromatic carbocycles. The molecule has 2 aromatic rings. The molecule has 0 spiro atoms. The molecule has 7 nitrogen and oxygen atoms in total. The topological polar surface area (TPSA) is 72.9 Å². The Morgan fingerprint density at radius 3 is 2.68 bits per heavy atom. The van der Waals surface area contributed by atoms with E-state index < -0.39 is 0 Å². The highest BCUT2D eigenvalue weighted by atomic mass is 32.1. The van der Waals surface area contributed by atoms with Crippen LogP contribution in [0.2, 0.25) is 0 Å². The standard InChI is InChI=1S/C23H33N3O4S/c1-6-28-21-9-18(7-8-20(21)29-13-15(2)3)22(27)25-23-24-19(14-31-23)12-26-10-16(4)30-17(5)11-26/h7-9,14-17H,6,10-13H2,1-5H3,(H,24,25,27). The molecular formula is C23H33N3O4S. The molecule has 0 aliphatic carbocycles. The van der Waals surface area contributed by atoms with Crippen molar-refractivity contribution in [3.8, 4) is 11.5 Å². The fourth-order valence-corrected chi connectivity index (χ4v) is 4.24. The van der Waals surface area contributed by atoms with Crippen LogP contribution < -0.4 is 14.8 Å². The molecule has 1 fully saturated rings. The molecule has 1 aliphatic rings. The van der Waals surface area contributed by atoms with Gasteiger partial charge in [-0.3, -0.25) is 15.0 Å². The minimum Gasteiger partial charge on any atom is -0.490 e. The van der Waals surface area contributed by atoms with E-state index in [0.29, 0.717) is 41.3 Å². The number of carbonyl (C=O) groups excluding carboxylic acids is 1. The summed E-state index contributed by atoms with van der Waals surface area (Å²) >= 11 is 1.43. The summed E-state index contributed by atoms with van der Waals surface area (Å²) < 4.78 is 17.3. The van der Waals surface area contributed by atoms with Gasteiger partial charge in [-0.25, -0.2) is 4.98 Å². The van der Waals surface area contributed by atoms with Gasteiger partial charge < -0.3 is 14.2 Å². The molecule has 1 aliphatic heterocycles. The molecule has 3 rings (SSSR count). The number of thiazole rings is 1. The molecule has 0 saturated carbocycles. The Labute approximate surface area is 188 Å². The Morgan fingerprint density at radius 2 is 2.00 bits per heavy atom. The second-order valence-electron chi connectivity index (χ2n) is 8.35. The van der Waals surface area contributed by atoms with Crippen LogP contribution in [0.1, 0.15) is 50.7 Å². The van der Waals surface area contributed by atoms with Crippen LogP contribution in [0.25, 0.3) is 0 Å². The Bertz CT molecular complexity index is 860. The molecule has 31 heavy (non-hydrogen) atoms. The number of nitrogens with one attached hydrogen (secondary N) is 1. The zero-order chi connectivity index (χ0) is 22.4. The van der Waals surface area contributed by atoms with E-state index in [1.54, 1.807) is 18.2 Å². The average Bonchev–Trinajstić information content (AvgIpc) is 3.12. The van der Waals surface area contributed by atoms with Crippen LogP contribution in [-0.4, -0.2) is 54.3 Å². The predicted octanol–water partition coefficient (Wildman–Crippen LogP) is 4.44. The van der Waals surface area contributed by atoms with Crippen molar-refractivity contribution >= 4 is 22.4 Å². The van der Waals surface area contributed by atoms with Gasteiger partial charge in [-0.2, -0.15) is 0 Å². The van der Waals surface area contributed by atoms with Crippen LogP contribution in [0.5, 0.6) is 11.5 Å². The lowest BCUT2D eigenvalue weighted by atomic mass is 10.2. The van der Waals surface area contributed by atoms with Crippen LogP contribution in [0.15, 0.2) is 23.6 Å². The van der Waals surface area contributed by atoms with Crippen molar-refractivity contribution in [2.45, 2.75) is 53.4 Å². The van der Waals surface area contributed by atoms with Crippen LogP contribution in [0, 0.1) is 5.92 Å². The molecule has 0 radical (unpaired) electrons. The highest BCUT2D eigenvalue weighted by molar-refractivity contribution is 7.13. The van der Waals surface area contributed by atoms with Crippen molar-refractivity contribution in [2.75, 3.05) is 31.6 Å². The number of anilines is 1. The van der Waals surface area contributed by atoms with Gasteiger partial charge in [0.2, 0.25) is 0 Å². The molecular weight excluding hydrogens is 414 g/mol. The number of rotatable bonds is 9. The summed E-state index contributed by atoms with van der Waals surface area (Å²) in [6, 6.07) is 5.26. The molecule has 1 aromatic heterocycles. The number of hydrogen-bond donors (Lipinski definition) is 1. The number of benzene rings is 1. The minimum atomic E-state index is -0.217. The molecule has 2 atom stereocenters. The first-order valence-corrected chi connectivity index (χ1v) is 11.7. The van der Waals surface area contributed by atoms with Crippen LogP contribution in [0.3, 0.4) is 0 Å². The number of nitrogens with zero attached hydrogens (tertiary/aromatic N) is 2. The van der Waals surface area contributed by atoms with E-state index in [1.165, 1.54) is 11.3 Å². The number of hydrogen-bond acceptors (Lipinski definition) is 7. The fraction of sp³-hybridized carbons (Fsp3) is 0.565. The van der Waals surface area contributed by atoms with Gasteiger partial charge in [0.1, 0.15) is 0 Å². The lowest BCUT2D eigenvalue weighted by Gasteiger charge is -2.34. The zero-order valence-corrected chi connectivity index (χ0v) is 19.8. The van der Waals surface area contributed by atoms with Gasteiger partial charge in [-0.05, 0) is 44.9 Å². The van der Waals surface area contributed by atoms with Gasteiger partial charge in [0.15, 0.2) is 16.6 Å². The highest BCUT2D eigenvalue weighted by Gasteiger charge is 2.23. The number of amides is 1. The summed E-state index contributed by atoms with van der Waals surface area (Å²) in [6.45, 7) is 13.9. The quantitative estimate of drug-likeness (QED) is 0.613. The lowest BCUT2D eigenvalue weighted by molar-refractivity contribution is -0.0707. The smallest absolute Gasteiger partial charge is 0.257 e. The maximum atomic E-state index is 12.8. The number of carbonyl (C=O) groups is 1. The zero-order valence-electron chi connectivity index (χ0n) is 19.0. The van der Waals surface area contributed by atoms with E-state index in [9.17, 15) is 4.79 Å². The van der Waals surface area contributed by atoms with Crippen LogP contribution in [-0.2, 0) is 11.3 Å². The fourth-order valence-electron chi connectivity index (χ4n) is 3.54. The molecule has 1 saturated heterocycles. The first-order valence-electron chi connectivity index (χ1n) is 10.9. The number of ether oxygens (including phenoxy) is 3. The summed E-state index contributed by atoms with van der Waals surface area (Å²) in [5.74, 6) is 1.41. The molecule has 1 N–H and O–H groups in total. The lowest BCUT2D eigenvalue weighted by Crippen LogP contribution is -2.44. The van der Waals surface area contributed by atoms with E-state index in [0.717, 1.165) is 25.3 Å². The Morgan fingerprint density at radius 1 is 1.26 bits per heavy atom. The third kappa shape index (κ3) is 6.92. The third-order valence-corrected chi connectivity index (χ3v) is 5.54. The average molecular weight is 448 g/mol. The van der Waals surface area contributed by atoms with Gasteiger partial charge in [0, 0.05) is 30.6 Å².